The molecular weight excluding hydrogens is 164 g/mol. The molecule has 0 unspecified atom stereocenters. The number of ether oxygens (including phenoxy) is 1. The topological polar surface area (TPSA) is 47.6 Å². The molecule has 72 valence electrons. The standard InChI is InChI=1S/C10H16N2O/c1-7-3-4-12-9(8(7)2)10(11)5-13-6-10/h3-6,11H2,1-2H3. The summed E-state index contributed by atoms with van der Waals surface area (Å²) in [5.41, 5.74) is 9.62. The fraction of sp³-hybridized carbons (Fsp3) is 0.700. The van der Waals surface area contributed by atoms with Crippen LogP contribution < -0.4 is 5.73 Å². The van der Waals surface area contributed by atoms with Gasteiger partial charge in [0.2, 0.25) is 0 Å². The Balaban J connectivity index is 2.28. The fourth-order valence-electron chi connectivity index (χ4n) is 1.83. The van der Waals surface area contributed by atoms with Gasteiger partial charge >= 0.3 is 0 Å². The second-order valence-corrected chi connectivity index (χ2v) is 4.03. The zero-order valence-electron chi connectivity index (χ0n) is 8.26. The quantitative estimate of drug-likeness (QED) is 0.651. The van der Waals surface area contributed by atoms with Crippen molar-refractivity contribution in [3.63, 3.8) is 0 Å². The van der Waals surface area contributed by atoms with Crippen LogP contribution in [0.3, 0.4) is 0 Å². The predicted molar refractivity (Wildman–Crippen MR) is 53.0 cm³/mol. The normalized spacial score (nSPS) is 26.8. The molecule has 0 aliphatic carbocycles. The highest BCUT2D eigenvalue weighted by atomic mass is 16.5. The van der Waals surface area contributed by atoms with Crippen molar-refractivity contribution in [1.82, 2.24) is 0 Å². The fourth-order valence-corrected chi connectivity index (χ4v) is 1.83. The van der Waals surface area contributed by atoms with E-state index in [1.54, 1.807) is 0 Å². The Bertz CT molecular complexity index is 287. The molecule has 13 heavy (non-hydrogen) atoms. The SMILES string of the molecule is CC1=C(C)C(C2(N)COC2)=NCC1. The van der Waals surface area contributed by atoms with Crippen molar-refractivity contribution in [3.05, 3.63) is 11.1 Å². The molecule has 0 radical (unpaired) electrons. The van der Waals surface area contributed by atoms with Gasteiger partial charge in [-0.2, -0.15) is 0 Å². The molecule has 3 nitrogen and oxygen atoms in total. The lowest BCUT2D eigenvalue weighted by Crippen LogP contribution is -2.63. The zero-order valence-corrected chi connectivity index (χ0v) is 8.26. The highest BCUT2D eigenvalue weighted by Crippen LogP contribution is 2.25. The second-order valence-electron chi connectivity index (χ2n) is 4.03. The molecule has 2 rings (SSSR count). The molecule has 0 atom stereocenters. The third-order valence-corrected chi connectivity index (χ3v) is 2.94. The Hall–Kier alpha value is -0.670. The van der Waals surface area contributed by atoms with Crippen LogP contribution in [0.15, 0.2) is 16.1 Å². The summed E-state index contributed by atoms with van der Waals surface area (Å²) < 4.78 is 5.15. The summed E-state index contributed by atoms with van der Waals surface area (Å²) in [6.07, 6.45) is 1.08. The van der Waals surface area contributed by atoms with E-state index in [1.165, 1.54) is 11.1 Å². The Labute approximate surface area is 78.7 Å². The largest absolute Gasteiger partial charge is 0.377 e. The first kappa shape index (κ1) is 8.91. The summed E-state index contributed by atoms with van der Waals surface area (Å²) in [6, 6.07) is 0. The van der Waals surface area contributed by atoms with Crippen LogP contribution in [-0.4, -0.2) is 31.0 Å². The third kappa shape index (κ3) is 1.32. The smallest absolute Gasteiger partial charge is 0.105 e. The lowest BCUT2D eigenvalue weighted by atomic mass is 9.84. The predicted octanol–water partition coefficient (Wildman–Crippen LogP) is 0.895. The molecule has 0 saturated carbocycles. The van der Waals surface area contributed by atoms with Gasteiger partial charge in [-0.05, 0) is 25.8 Å². The molecule has 0 spiro atoms. The molecule has 0 aromatic heterocycles. The van der Waals surface area contributed by atoms with Crippen molar-refractivity contribution < 1.29 is 4.74 Å². The van der Waals surface area contributed by atoms with E-state index in [2.05, 4.69) is 18.8 Å². The first-order chi connectivity index (χ1) is 6.13. The lowest BCUT2D eigenvalue weighted by Gasteiger charge is -2.40. The number of dihydropyridines is 1. The third-order valence-electron chi connectivity index (χ3n) is 2.94. The number of rotatable bonds is 1. The minimum atomic E-state index is -0.286. The number of hydrogen-bond acceptors (Lipinski definition) is 3. The summed E-state index contributed by atoms with van der Waals surface area (Å²) >= 11 is 0. The van der Waals surface area contributed by atoms with Crippen LogP contribution in [0.4, 0.5) is 0 Å². The van der Waals surface area contributed by atoms with E-state index in [-0.39, 0.29) is 5.54 Å². The summed E-state index contributed by atoms with van der Waals surface area (Å²) in [7, 11) is 0. The van der Waals surface area contributed by atoms with E-state index in [0.29, 0.717) is 13.2 Å². The summed E-state index contributed by atoms with van der Waals surface area (Å²) in [5.74, 6) is 0. The van der Waals surface area contributed by atoms with E-state index in [1.807, 2.05) is 0 Å². The van der Waals surface area contributed by atoms with Crippen molar-refractivity contribution in [2.45, 2.75) is 25.8 Å². The molecule has 0 aromatic carbocycles. The second kappa shape index (κ2) is 2.93. The van der Waals surface area contributed by atoms with Gasteiger partial charge in [-0.25, -0.2) is 0 Å². The van der Waals surface area contributed by atoms with Crippen molar-refractivity contribution in [2.75, 3.05) is 19.8 Å². The zero-order chi connectivity index (χ0) is 9.47. The van der Waals surface area contributed by atoms with Crippen LogP contribution in [0, 0.1) is 0 Å². The monoisotopic (exact) mass is 180 g/mol. The van der Waals surface area contributed by atoms with Gasteiger partial charge in [-0.15, -0.1) is 0 Å². The van der Waals surface area contributed by atoms with Crippen LogP contribution in [0.2, 0.25) is 0 Å². The van der Waals surface area contributed by atoms with Crippen molar-refractivity contribution in [3.8, 4) is 0 Å². The van der Waals surface area contributed by atoms with Crippen LogP contribution in [0.5, 0.6) is 0 Å². The molecule has 2 aliphatic rings. The highest BCUT2D eigenvalue weighted by molar-refractivity contribution is 6.08. The van der Waals surface area contributed by atoms with Crippen molar-refractivity contribution >= 4 is 5.71 Å². The van der Waals surface area contributed by atoms with E-state index < -0.39 is 0 Å². The molecule has 0 bridgehead atoms. The highest BCUT2D eigenvalue weighted by Gasteiger charge is 2.40. The molecule has 2 N–H and O–H groups in total. The molecule has 0 amide bonds. The van der Waals surface area contributed by atoms with Gasteiger partial charge in [0.25, 0.3) is 0 Å². The van der Waals surface area contributed by atoms with Crippen molar-refractivity contribution in [2.24, 2.45) is 10.7 Å². The van der Waals surface area contributed by atoms with E-state index in [0.717, 1.165) is 18.7 Å². The van der Waals surface area contributed by atoms with Gasteiger partial charge in [0.1, 0.15) is 5.54 Å². The van der Waals surface area contributed by atoms with E-state index in [4.69, 9.17) is 10.5 Å². The van der Waals surface area contributed by atoms with Crippen LogP contribution in [0.25, 0.3) is 0 Å². The molecule has 1 saturated heterocycles. The Morgan fingerprint density at radius 1 is 1.38 bits per heavy atom. The first-order valence-electron chi connectivity index (χ1n) is 4.72. The Kier molecular flexibility index (Phi) is 2.00. The number of nitrogens with zero attached hydrogens (tertiary/aromatic N) is 1. The van der Waals surface area contributed by atoms with E-state index in [9.17, 15) is 0 Å². The van der Waals surface area contributed by atoms with Gasteiger partial charge in [-0.1, -0.05) is 5.57 Å². The van der Waals surface area contributed by atoms with Gasteiger partial charge in [0.05, 0.1) is 18.9 Å². The van der Waals surface area contributed by atoms with Crippen LogP contribution >= 0.6 is 0 Å². The average Bonchev–Trinajstić information content (AvgIpc) is 2.06. The number of aliphatic imine (C=N–C) groups is 1. The molecular formula is C10H16N2O. The number of nitrogens with two attached hydrogens (primary N) is 1. The Morgan fingerprint density at radius 3 is 2.62 bits per heavy atom. The van der Waals surface area contributed by atoms with Crippen LogP contribution in [-0.2, 0) is 4.74 Å². The number of hydrogen-bond donors (Lipinski definition) is 1. The molecule has 3 heteroatoms. The average molecular weight is 180 g/mol. The maximum atomic E-state index is 6.14. The van der Waals surface area contributed by atoms with Gasteiger partial charge in [-0.3, -0.25) is 4.99 Å². The summed E-state index contributed by atoms with van der Waals surface area (Å²) in [5, 5.41) is 0. The van der Waals surface area contributed by atoms with Crippen molar-refractivity contribution in [1.29, 1.82) is 0 Å². The maximum absolute atomic E-state index is 6.14. The minimum Gasteiger partial charge on any atom is -0.377 e. The molecule has 2 aliphatic heterocycles. The minimum absolute atomic E-state index is 0.286. The summed E-state index contributed by atoms with van der Waals surface area (Å²) in [4.78, 5) is 4.51. The van der Waals surface area contributed by atoms with Crippen LogP contribution in [0.1, 0.15) is 20.3 Å². The molecule has 1 fully saturated rings. The molecule has 2 heterocycles. The lowest BCUT2D eigenvalue weighted by molar-refractivity contribution is -0.0176. The van der Waals surface area contributed by atoms with Gasteiger partial charge in [0, 0.05) is 6.54 Å². The maximum Gasteiger partial charge on any atom is 0.105 e. The summed E-state index contributed by atoms with van der Waals surface area (Å²) in [6.45, 7) is 6.40. The first-order valence-corrected chi connectivity index (χ1v) is 4.72. The molecule has 0 aromatic rings. The van der Waals surface area contributed by atoms with Gasteiger partial charge < -0.3 is 10.5 Å². The van der Waals surface area contributed by atoms with E-state index >= 15 is 0 Å². The Morgan fingerprint density at radius 2 is 2.08 bits per heavy atom. The van der Waals surface area contributed by atoms with Gasteiger partial charge in [0.15, 0.2) is 0 Å².